The van der Waals surface area contributed by atoms with Gasteiger partial charge in [0.2, 0.25) is 5.88 Å². The second kappa shape index (κ2) is 8.63. The first kappa shape index (κ1) is 21.8. The van der Waals surface area contributed by atoms with Crippen LogP contribution in [0, 0.1) is 25.7 Å². The largest absolute Gasteiger partial charge is 0.496 e. The van der Waals surface area contributed by atoms with Crippen LogP contribution in [0.3, 0.4) is 0 Å². The maximum atomic E-state index is 11.9. The van der Waals surface area contributed by atoms with Crippen LogP contribution in [-0.4, -0.2) is 54.4 Å². The number of rotatable bonds is 6. The van der Waals surface area contributed by atoms with Crippen molar-refractivity contribution in [3.05, 3.63) is 40.6 Å². The van der Waals surface area contributed by atoms with Gasteiger partial charge in [0.25, 0.3) is 0 Å². The Bertz CT molecular complexity index is 951. The Morgan fingerprint density at radius 1 is 1.10 bits per heavy atom. The van der Waals surface area contributed by atoms with Gasteiger partial charge in [-0.1, -0.05) is 6.07 Å². The van der Waals surface area contributed by atoms with Crippen LogP contribution in [-0.2, 0) is 12.1 Å². The number of nitrogens with zero attached hydrogens (tertiary/aromatic N) is 3. The van der Waals surface area contributed by atoms with Crippen molar-refractivity contribution in [3.8, 4) is 17.6 Å². The molecule has 4 rings (SSSR count). The van der Waals surface area contributed by atoms with E-state index in [0.717, 1.165) is 38.2 Å². The molecule has 1 saturated carbocycles. The fourth-order valence-corrected chi connectivity index (χ4v) is 5.46. The molecule has 1 saturated heterocycles. The van der Waals surface area contributed by atoms with E-state index in [-0.39, 0.29) is 11.9 Å². The zero-order valence-corrected chi connectivity index (χ0v) is 19.1. The van der Waals surface area contributed by atoms with Gasteiger partial charge in [0.05, 0.1) is 26.9 Å². The SMILES string of the molecule is COc1ncc([C@]2(O)CCC[C@H]3CN(Cc4ccc(OC)c(C)c4C)C[C@@H]32)c(OC)n1. The second-order valence-electron chi connectivity index (χ2n) is 8.83. The fourth-order valence-electron chi connectivity index (χ4n) is 5.46. The van der Waals surface area contributed by atoms with Crippen molar-refractivity contribution in [1.82, 2.24) is 14.9 Å². The van der Waals surface area contributed by atoms with Gasteiger partial charge in [-0.2, -0.15) is 4.98 Å². The summed E-state index contributed by atoms with van der Waals surface area (Å²) in [5.41, 5.74) is 3.44. The highest BCUT2D eigenvalue weighted by atomic mass is 16.5. The van der Waals surface area contributed by atoms with Crippen molar-refractivity contribution in [2.45, 2.75) is 45.3 Å². The number of aromatic nitrogens is 2. The van der Waals surface area contributed by atoms with E-state index in [1.165, 1.54) is 23.8 Å². The molecule has 31 heavy (non-hydrogen) atoms. The fraction of sp³-hybridized carbons (Fsp3) is 0.583. The smallest absolute Gasteiger partial charge is 0.319 e. The Hall–Kier alpha value is -2.38. The number of hydrogen-bond donors (Lipinski definition) is 1. The zero-order chi connectivity index (χ0) is 22.2. The molecule has 1 aliphatic heterocycles. The molecular formula is C24H33N3O4. The Balaban J connectivity index is 1.59. The highest BCUT2D eigenvalue weighted by Gasteiger charge is 2.51. The third-order valence-corrected chi connectivity index (χ3v) is 7.30. The van der Waals surface area contributed by atoms with Gasteiger partial charge in [-0.25, -0.2) is 4.98 Å². The Kier molecular flexibility index (Phi) is 6.08. The molecule has 0 bridgehead atoms. The topological polar surface area (TPSA) is 76.9 Å². The first-order chi connectivity index (χ1) is 14.9. The summed E-state index contributed by atoms with van der Waals surface area (Å²) in [6, 6.07) is 4.46. The van der Waals surface area contributed by atoms with E-state index in [2.05, 4.69) is 40.8 Å². The standard InChI is InChI=1S/C24H33N3O4/c1-15-16(2)21(29-3)9-8-17(15)12-27-13-18-7-6-10-24(28,20(18)14-27)19-11-25-23(31-5)26-22(19)30-4/h8-9,11,18,20,28H,6-7,10,12-14H2,1-5H3/t18-,20-,24+/m0/s1. The molecule has 0 radical (unpaired) electrons. The normalized spacial score (nSPS) is 25.9. The molecule has 0 unspecified atom stereocenters. The van der Waals surface area contributed by atoms with Crippen LogP contribution < -0.4 is 14.2 Å². The van der Waals surface area contributed by atoms with Gasteiger partial charge in [-0.3, -0.25) is 4.90 Å². The van der Waals surface area contributed by atoms with E-state index in [0.29, 0.717) is 23.8 Å². The summed E-state index contributed by atoms with van der Waals surface area (Å²) in [7, 11) is 4.81. The van der Waals surface area contributed by atoms with E-state index >= 15 is 0 Å². The van der Waals surface area contributed by atoms with Gasteiger partial charge < -0.3 is 19.3 Å². The van der Waals surface area contributed by atoms with Crippen LogP contribution in [0.5, 0.6) is 17.6 Å². The lowest BCUT2D eigenvalue weighted by atomic mass is 9.68. The summed E-state index contributed by atoms with van der Waals surface area (Å²) in [6.07, 6.45) is 4.46. The van der Waals surface area contributed by atoms with E-state index in [9.17, 15) is 5.11 Å². The highest BCUT2D eigenvalue weighted by molar-refractivity contribution is 5.43. The van der Waals surface area contributed by atoms with Crippen LogP contribution in [0.2, 0.25) is 0 Å². The summed E-state index contributed by atoms with van der Waals surface area (Å²) in [5, 5.41) is 11.9. The van der Waals surface area contributed by atoms with Crippen LogP contribution >= 0.6 is 0 Å². The molecule has 2 aromatic rings. The molecule has 1 aliphatic carbocycles. The Morgan fingerprint density at radius 3 is 2.61 bits per heavy atom. The van der Waals surface area contributed by atoms with Crippen molar-refractivity contribution in [2.75, 3.05) is 34.4 Å². The molecule has 2 aliphatic rings. The minimum atomic E-state index is -1.000. The number of methoxy groups -OCH3 is 3. The molecule has 168 valence electrons. The van der Waals surface area contributed by atoms with Crippen molar-refractivity contribution < 1.29 is 19.3 Å². The average molecular weight is 428 g/mol. The first-order valence-corrected chi connectivity index (χ1v) is 10.9. The predicted molar refractivity (Wildman–Crippen MR) is 118 cm³/mol. The molecule has 1 aromatic heterocycles. The maximum absolute atomic E-state index is 11.9. The van der Waals surface area contributed by atoms with Gasteiger partial charge in [0.1, 0.15) is 11.4 Å². The molecular weight excluding hydrogens is 394 g/mol. The van der Waals surface area contributed by atoms with Crippen molar-refractivity contribution >= 4 is 0 Å². The Labute approximate surface area is 184 Å². The molecule has 7 nitrogen and oxygen atoms in total. The molecule has 3 atom stereocenters. The number of fused-ring (bicyclic) bond motifs is 1. The minimum Gasteiger partial charge on any atom is -0.496 e. The average Bonchev–Trinajstić information content (AvgIpc) is 3.21. The van der Waals surface area contributed by atoms with Crippen LogP contribution in [0.1, 0.15) is 41.5 Å². The molecule has 0 spiro atoms. The molecule has 2 heterocycles. The second-order valence-corrected chi connectivity index (χ2v) is 8.83. The number of aliphatic hydroxyl groups is 1. The van der Waals surface area contributed by atoms with Gasteiger partial charge in [0, 0.05) is 31.7 Å². The number of benzene rings is 1. The molecule has 1 N–H and O–H groups in total. The quantitative estimate of drug-likeness (QED) is 0.758. The summed E-state index contributed by atoms with van der Waals surface area (Å²) >= 11 is 0. The summed E-state index contributed by atoms with van der Waals surface area (Å²) in [5.74, 6) is 1.88. The number of likely N-dealkylation sites (tertiary alicyclic amines) is 1. The summed E-state index contributed by atoms with van der Waals surface area (Å²) < 4.78 is 16.1. The van der Waals surface area contributed by atoms with Crippen LogP contribution in [0.25, 0.3) is 0 Å². The number of hydrogen-bond acceptors (Lipinski definition) is 7. The van der Waals surface area contributed by atoms with Gasteiger partial charge in [0.15, 0.2) is 0 Å². The highest BCUT2D eigenvalue weighted by Crippen LogP contribution is 2.50. The lowest BCUT2D eigenvalue weighted by Gasteiger charge is -2.41. The molecule has 2 fully saturated rings. The minimum absolute atomic E-state index is 0.117. The van der Waals surface area contributed by atoms with Crippen molar-refractivity contribution in [3.63, 3.8) is 0 Å². The monoisotopic (exact) mass is 427 g/mol. The molecule has 7 heteroatoms. The van der Waals surface area contributed by atoms with Crippen LogP contribution in [0.15, 0.2) is 18.3 Å². The zero-order valence-electron chi connectivity index (χ0n) is 19.1. The third-order valence-electron chi connectivity index (χ3n) is 7.30. The van der Waals surface area contributed by atoms with E-state index in [1.54, 1.807) is 20.4 Å². The van der Waals surface area contributed by atoms with Crippen LogP contribution in [0.4, 0.5) is 0 Å². The van der Waals surface area contributed by atoms with Gasteiger partial charge in [-0.05, 0) is 61.8 Å². The summed E-state index contributed by atoms with van der Waals surface area (Å²) in [6.45, 7) is 6.95. The van der Waals surface area contributed by atoms with E-state index in [4.69, 9.17) is 14.2 Å². The van der Waals surface area contributed by atoms with Gasteiger partial charge in [-0.15, -0.1) is 0 Å². The lowest BCUT2D eigenvalue weighted by molar-refractivity contribution is -0.0669. The Morgan fingerprint density at radius 2 is 1.90 bits per heavy atom. The van der Waals surface area contributed by atoms with Crippen molar-refractivity contribution in [1.29, 1.82) is 0 Å². The molecule has 1 aromatic carbocycles. The van der Waals surface area contributed by atoms with E-state index in [1.807, 2.05) is 0 Å². The first-order valence-electron chi connectivity index (χ1n) is 10.9. The summed E-state index contributed by atoms with van der Waals surface area (Å²) in [4.78, 5) is 11.1. The number of ether oxygens (including phenoxy) is 3. The maximum Gasteiger partial charge on any atom is 0.319 e. The lowest BCUT2D eigenvalue weighted by Crippen LogP contribution is -2.43. The molecule has 0 amide bonds. The van der Waals surface area contributed by atoms with Crippen molar-refractivity contribution in [2.24, 2.45) is 11.8 Å². The predicted octanol–water partition coefficient (Wildman–Crippen LogP) is 3.24. The third kappa shape index (κ3) is 3.85. The van der Waals surface area contributed by atoms with E-state index < -0.39 is 5.60 Å². The van der Waals surface area contributed by atoms with Gasteiger partial charge >= 0.3 is 6.01 Å².